The Morgan fingerprint density at radius 3 is 2.83 bits per heavy atom. The number of amides is 1. The highest BCUT2D eigenvalue weighted by molar-refractivity contribution is 5.95. The van der Waals surface area contributed by atoms with Crippen LogP contribution in [-0.2, 0) is 4.79 Å². The minimum Gasteiger partial charge on any atom is -0.392 e. The van der Waals surface area contributed by atoms with Crippen LogP contribution in [0.2, 0.25) is 0 Å². The molecule has 4 nitrogen and oxygen atoms in total. The van der Waals surface area contributed by atoms with Crippen molar-refractivity contribution < 1.29 is 14.3 Å². The maximum Gasteiger partial charge on any atom is 0.241 e. The molecule has 1 aliphatic heterocycles. The zero-order valence-electron chi connectivity index (χ0n) is 9.94. The van der Waals surface area contributed by atoms with Gasteiger partial charge in [0.1, 0.15) is 5.82 Å². The summed E-state index contributed by atoms with van der Waals surface area (Å²) in [5.41, 5.74) is 1.27. The largest absolute Gasteiger partial charge is 0.392 e. The van der Waals surface area contributed by atoms with Crippen LogP contribution in [0, 0.1) is 12.7 Å². The molecule has 0 spiro atoms. The molecule has 0 aliphatic carbocycles. The van der Waals surface area contributed by atoms with Crippen LogP contribution in [0.1, 0.15) is 12.0 Å². The highest BCUT2D eigenvalue weighted by Crippen LogP contribution is 2.17. The topological polar surface area (TPSA) is 61.4 Å². The van der Waals surface area contributed by atoms with Crippen LogP contribution in [0.25, 0.3) is 0 Å². The number of anilines is 1. The third-order valence-corrected chi connectivity index (χ3v) is 2.87. The summed E-state index contributed by atoms with van der Waals surface area (Å²) in [6.07, 6.45) is -0.0634. The molecule has 3 N–H and O–H groups in total. The van der Waals surface area contributed by atoms with E-state index in [9.17, 15) is 14.3 Å². The summed E-state index contributed by atoms with van der Waals surface area (Å²) in [6.45, 7) is 2.16. The first-order valence-electron chi connectivity index (χ1n) is 5.54. The summed E-state index contributed by atoms with van der Waals surface area (Å²) >= 11 is 0. The maximum atomic E-state index is 12.9. The summed E-state index contributed by atoms with van der Waals surface area (Å²) in [5, 5.41) is 15.0. The lowest BCUT2D eigenvalue weighted by atomic mass is 10.1. The monoisotopic (exact) mass is 274 g/mol. The van der Waals surface area contributed by atoms with Gasteiger partial charge >= 0.3 is 0 Å². The smallest absolute Gasteiger partial charge is 0.241 e. The highest BCUT2D eigenvalue weighted by Gasteiger charge is 2.28. The van der Waals surface area contributed by atoms with E-state index in [0.29, 0.717) is 24.2 Å². The first-order chi connectivity index (χ1) is 8.06. The van der Waals surface area contributed by atoms with E-state index in [1.165, 1.54) is 18.2 Å². The van der Waals surface area contributed by atoms with Crippen molar-refractivity contribution in [3.05, 3.63) is 29.6 Å². The molecule has 1 aliphatic rings. The summed E-state index contributed by atoms with van der Waals surface area (Å²) in [5.74, 6) is -0.522. The number of aryl methyl sites for hydroxylation is 1. The SMILES string of the molecule is Cc1cc(F)ccc1NC(=O)C1CC(O)CN1.Cl. The number of rotatable bonds is 2. The van der Waals surface area contributed by atoms with E-state index >= 15 is 0 Å². The Labute approximate surface area is 111 Å². The van der Waals surface area contributed by atoms with Crippen molar-refractivity contribution in [2.75, 3.05) is 11.9 Å². The number of nitrogens with one attached hydrogen (secondary N) is 2. The fraction of sp³-hybridized carbons (Fsp3) is 0.417. The molecular formula is C12H16ClFN2O2. The fourth-order valence-electron chi connectivity index (χ4n) is 1.90. The average molecular weight is 275 g/mol. The number of β-amino-alcohol motifs (C(OH)–C–C–N with tert-alkyl or cyclic N) is 1. The van der Waals surface area contributed by atoms with Gasteiger partial charge in [0, 0.05) is 12.2 Å². The molecule has 0 bridgehead atoms. The van der Waals surface area contributed by atoms with Gasteiger partial charge in [-0.15, -0.1) is 12.4 Å². The molecule has 1 saturated heterocycles. The van der Waals surface area contributed by atoms with Crippen LogP contribution in [0.5, 0.6) is 0 Å². The molecule has 2 unspecified atom stereocenters. The Hall–Kier alpha value is -1.17. The third-order valence-electron chi connectivity index (χ3n) is 2.87. The van der Waals surface area contributed by atoms with Crippen LogP contribution in [0.4, 0.5) is 10.1 Å². The molecule has 0 aromatic heterocycles. The number of carbonyl (C=O) groups is 1. The molecule has 2 atom stereocenters. The van der Waals surface area contributed by atoms with Crippen LogP contribution in [0.15, 0.2) is 18.2 Å². The van der Waals surface area contributed by atoms with Gasteiger partial charge in [0.05, 0.1) is 12.1 Å². The van der Waals surface area contributed by atoms with Gasteiger partial charge in [-0.05, 0) is 37.1 Å². The van der Waals surface area contributed by atoms with Gasteiger partial charge < -0.3 is 15.7 Å². The number of hydrogen-bond acceptors (Lipinski definition) is 3. The lowest BCUT2D eigenvalue weighted by Crippen LogP contribution is -2.35. The van der Waals surface area contributed by atoms with E-state index in [4.69, 9.17) is 0 Å². The van der Waals surface area contributed by atoms with Crippen molar-refractivity contribution in [2.24, 2.45) is 0 Å². The average Bonchev–Trinajstić information content (AvgIpc) is 2.69. The molecule has 2 rings (SSSR count). The van der Waals surface area contributed by atoms with Gasteiger partial charge in [0.2, 0.25) is 5.91 Å². The molecule has 0 radical (unpaired) electrons. The van der Waals surface area contributed by atoms with Gasteiger partial charge in [-0.1, -0.05) is 0 Å². The Morgan fingerprint density at radius 1 is 1.56 bits per heavy atom. The molecular weight excluding hydrogens is 259 g/mol. The van der Waals surface area contributed by atoms with E-state index in [0.717, 1.165) is 0 Å². The third kappa shape index (κ3) is 3.41. The molecule has 18 heavy (non-hydrogen) atoms. The quantitative estimate of drug-likeness (QED) is 0.760. The molecule has 1 fully saturated rings. The molecule has 1 amide bonds. The minimum absolute atomic E-state index is 0. The van der Waals surface area contributed by atoms with Crippen molar-refractivity contribution >= 4 is 24.0 Å². The Morgan fingerprint density at radius 2 is 2.28 bits per heavy atom. The van der Waals surface area contributed by atoms with Crippen molar-refractivity contribution in [3.63, 3.8) is 0 Å². The Bertz CT molecular complexity index is 442. The second kappa shape index (κ2) is 6.13. The number of carbonyl (C=O) groups excluding carboxylic acids is 1. The van der Waals surface area contributed by atoms with Crippen molar-refractivity contribution in [2.45, 2.75) is 25.5 Å². The standard InChI is InChI=1S/C12H15FN2O2.ClH/c1-7-4-8(13)2-3-10(7)15-12(17)11-5-9(16)6-14-11;/h2-4,9,11,14,16H,5-6H2,1H3,(H,15,17);1H. The summed E-state index contributed by atoms with van der Waals surface area (Å²) < 4.78 is 12.9. The van der Waals surface area contributed by atoms with Gasteiger partial charge in [-0.3, -0.25) is 4.79 Å². The fourth-order valence-corrected chi connectivity index (χ4v) is 1.90. The minimum atomic E-state index is -0.472. The molecule has 1 heterocycles. The molecule has 1 aromatic rings. The van der Waals surface area contributed by atoms with Crippen molar-refractivity contribution in [3.8, 4) is 0 Å². The second-order valence-corrected chi connectivity index (χ2v) is 4.30. The maximum absolute atomic E-state index is 12.9. The Kier molecular flexibility index (Phi) is 5.07. The van der Waals surface area contributed by atoms with Crippen LogP contribution in [0.3, 0.4) is 0 Å². The lowest BCUT2D eigenvalue weighted by Gasteiger charge is -2.12. The highest BCUT2D eigenvalue weighted by atomic mass is 35.5. The zero-order valence-corrected chi connectivity index (χ0v) is 10.8. The predicted octanol–water partition coefficient (Wildman–Crippen LogP) is 1.22. The summed E-state index contributed by atoms with van der Waals surface area (Å²) in [6, 6.07) is 3.83. The lowest BCUT2D eigenvalue weighted by molar-refractivity contribution is -0.117. The first-order valence-corrected chi connectivity index (χ1v) is 5.54. The normalized spacial score (nSPS) is 22.4. The molecule has 1 aromatic carbocycles. The van der Waals surface area contributed by atoms with Crippen LogP contribution in [-0.4, -0.2) is 29.7 Å². The van der Waals surface area contributed by atoms with E-state index in [1.54, 1.807) is 6.92 Å². The van der Waals surface area contributed by atoms with Crippen molar-refractivity contribution in [1.29, 1.82) is 0 Å². The van der Waals surface area contributed by atoms with E-state index < -0.39 is 6.10 Å². The van der Waals surface area contributed by atoms with Gasteiger partial charge in [0.25, 0.3) is 0 Å². The van der Waals surface area contributed by atoms with E-state index in [-0.39, 0.29) is 30.2 Å². The van der Waals surface area contributed by atoms with Crippen molar-refractivity contribution in [1.82, 2.24) is 5.32 Å². The summed E-state index contributed by atoms with van der Waals surface area (Å²) in [7, 11) is 0. The van der Waals surface area contributed by atoms with Crippen LogP contribution < -0.4 is 10.6 Å². The van der Waals surface area contributed by atoms with Gasteiger partial charge in [-0.2, -0.15) is 0 Å². The second-order valence-electron chi connectivity index (χ2n) is 4.30. The number of halogens is 2. The van der Waals surface area contributed by atoms with Crippen LogP contribution >= 0.6 is 12.4 Å². The number of hydrogen-bond donors (Lipinski definition) is 3. The zero-order chi connectivity index (χ0) is 12.4. The number of benzene rings is 1. The predicted molar refractivity (Wildman–Crippen MR) is 69.4 cm³/mol. The van der Waals surface area contributed by atoms with E-state index in [1.807, 2.05) is 0 Å². The van der Waals surface area contributed by atoms with Gasteiger partial charge in [-0.25, -0.2) is 4.39 Å². The first kappa shape index (κ1) is 14.9. The molecule has 100 valence electrons. The molecule has 0 saturated carbocycles. The number of aliphatic hydroxyl groups is 1. The van der Waals surface area contributed by atoms with Gasteiger partial charge in [0.15, 0.2) is 0 Å². The van der Waals surface area contributed by atoms with E-state index in [2.05, 4.69) is 10.6 Å². The number of aliphatic hydroxyl groups excluding tert-OH is 1. The molecule has 6 heteroatoms. The Balaban J connectivity index is 0.00000162. The summed E-state index contributed by atoms with van der Waals surface area (Å²) in [4.78, 5) is 11.8.